The third-order valence-corrected chi connectivity index (χ3v) is 2.81. The molecule has 0 fully saturated rings. The van der Waals surface area contributed by atoms with Crippen LogP contribution in [0.1, 0.15) is 0 Å². The Morgan fingerprint density at radius 3 is 3.00 bits per heavy atom. The van der Waals surface area contributed by atoms with Gasteiger partial charge in [-0.3, -0.25) is 0 Å². The summed E-state index contributed by atoms with van der Waals surface area (Å²) >= 11 is 3.39. The minimum absolute atomic E-state index is 0.286. The zero-order valence-electron chi connectivity index (χ0n) is 7.95. The van der Waals surface area contributed by atoms with Crippen molar-refractivity contribution in [3.63, 3.8) is 0 Å². The van der Waals surface area contributed by atoms with Crippen LogP contribution in [0, 0.1) is 0 Å². The Bertz CT molecular complexity index is 710. The molecule has 6 heteroatoms. The highest BCUT2D eigenvalue weighted by atomic mass is 79.9. The molecule has 0 bridgehead atoms. The van der Waals surface area contributed by atoms with Gasteiger partial charge in [-0.1, -0.05) is 15.9 Å². The highest BCUT2D eigenvalue weighted by Crippen LogP contribution is 2.28. The van der Waals surface area contributed by atoms with Gasteiger partial charge in [0.1, 0.15) is 0 Å². The number of nitrogens with one attached hydrogen (secondary N) is 2. The highest BCUT2D eigenvalue weighted by Gasteiger charge is 2.11. The Labute approximate surface area is 97.6 Å². The molecule has 0 aliphatic rings. The summed E-state index contributed by atoms with van der Waals surface area (Å²) in [7, 11) is 0. The van der Waals surface area contributed by atoms with E-state index >= 15 is 0 Å². The van der Waals surface area contributed by atoms with E-state index < -0.39 is 5.76 Å². The largest absolute Gasteiger partial charge is 0.434 e. The minimum Gasteiger partial charge on any atom is -0.388 e. The third kappa shape index (κ3) is 1.38. The molecular formula is C10H6BrN3O2. The van der Waals surface area contributed by atoms with Gasteiger partial charge in [-0.15, -0.1) is 5.10 Å². The summed E-state index contributed by atoms with van der Waals surface area (Å²) in [6.45, 7) is 0. The summed E-state index contributed by atoms with van der Waals surface area (Å²) in [6.07, 6.45) is 1.76. The van der Waals surface area contributed by atoms with E-state index in [0.29, 0.717) is 0 Å². The van der Waals surface area contributed by atoms with Gasteiger partial charge in [0, 0.05) is 21.6 Å². The topological polar surface area (TPSA) is 74.7 Å². The number of hydrogen-bond donors (Lipinski definition) is 2. The van der Waals surface area contributed by atoms with Crippen molar-refractivity contribution in [2.75, 3.05) is 0 Å². The molecule has 0 saturated heterocycles. The van der Waals surface area contributed by atoms with Crippen molar-refractivity contribution in [1.29, 1.82) is 0 Å². The van der Waals surface area contributed by atoms with Crippen LogP contribution in [-0.4, -0.2) is 15.2 Å². The second-order valence-electron chi connectivity index (χ2n) is 3.31. The SMILES string of the molecule is O=c1[nH]nc(-c2c[nH]c3ccc(Br)cc23)o1. The number of halogens is 1. The number of rotatable bonds is 1. The summed E-state index contributed by atoms with van der Waals surface area (Å²) in [5.74, 6) is -0.270. The lowest BCUT2D eigenvalue weighted by atomic mass is 10.2. The first-order valence-corrected chi connectivity index (χ1v) is 5.36. The fourth-order valence-corrected chi connectivity index (χ4v) is 1.98. The fourth-order valence-electron chi connectivity index (χ4n) is 1.61. The number of aromatic nitrogens is 3. The summed E-state index contributed by atoms with van der Waals surface area (Å²) in [5.41, 5.74) is 1.72. The van der Waals surface area contributed by atoms with Crippen LogP contribution in [0.3, 0.4) is 0 Å². The monoisotopic (exact) mass is 279 g/mol. The Morgan fingerprint density at radius 2 is 2.25 bits per heavy atom. The molecule has 0 spiro atoms. The van der Waals surface area contributed by atoms with Gasteiger partial charge in [-0.25, -0.2) is 9.89 Å². The number of hydrogen-bond acceptors (Lipinski definition) is 3. The van der Waals surface area contributed by atoms with Crippen molar-refractivity contribution in [2.45, 2.75) is 0 Å². The molecule has 0 amide bonds. The number of fused-ring (bicyclic) bond motifs is 1. The molecule has 2 aromatic heterocycles. The van der Waals surface area contributed by atoms with E-state index in [4.69, 9.17) is 4.42 Å². The molecule has 0 radical (unpaired) electrons. The second kappa shape index (κ2) is 3.34. The molecule has 0 aliphatic carbocycles. The van der Waals surface area contributed by atoms with E-state index in [1.165, 1.54) is 0 Å². The van der Waals surface area contributed by atoms with Gasteiger partial charge >= 0.3 is 5.76 Å². The van der Waals surface area contributed by atoms with E-state index in [1.807, 2.05) is 18.2 Å². The normalized spacial score (nSPS) is 11.1. The third-order valence-electron chi connectivity index (χ3n) is 2.31. The zero-order chi connectivity index (χ0) is 11.1. The molecular weight excluding hydrogens is 274 g/mol. The van der Waals surface area contributed by atoms with Crippen LogP contribution in [0.2, 0.25) is 0 Å². The van der Waals surface area contributed by atoms with Crippen molar-refractivity contribution in [2.24, 2.45) is 0 Å². The maximum atomic E-state index is 10.9. The van der Waals surface area contributed by atoms with Crippen LogP contribution in [0.25, 0.3) is 22.4 Å². The van der Waals surface area contributed by atoms with Crippen LogP contribution >= 0.6 is 15.9 Å². The summed E-state index contributed by atoms with van der Waals surface area (Å²) in [6, 6.07) is 5.81. The maximum Gasteiger partial charge on any atom is 0.434 e. The molecule has 1 aromatic carbocycles. The van der Waals surface area contributed by atoms with Crippen LogP contribution < -0.4 is 5.76 Å². The number of aromatic amines is 2. The summed E-state index contributed by atoms with van der Waals surface area (Å²) < 4.78 is 5.88. The predicted molar refractivity (Wildman–Crippen MR) is 62.1 cm³/mol. The van der Waals surface area contributed by atoms with Crippen LogP contribution in [0.4, 0.5) is 0 Å². The predicted octanol–water partition coefficient (Wildman–Crippen LogP) is 2.27. The Hall–Kier alpha value is -1.82. The van der Waals surface area contributed by atoms with Crippen LogP contribution in [0.15, 0.2) is 38.1 Å². The second-order valence-corrected chi connectivity index (χ2v) is 4.23. The van der Waals surface area contributed by atoms with Crippen LogP contribution in [-0.2, 0) is 0 Å². The van der Waals surface area contributed by atoms with E-state index in [2.05, 4.69) is 31.1 Å². The summed E-state index contributed by atoms with van der Waals surface area (Å²) in [5, 5.41) is 6.99. The Morgan fingerprint density at radius 1 is 1.38 bits per heavy atom. The van der Waals surface area contributed by atoms with Gasteiger partial charge in [0.05, 0.1) is 5.56 Å². The maximum absolute atomic E-state index is 10.9. The van der Waals surface area contributed by atoms with Crippen molar-refractivity contribution in [1.82, 2.24) is 15.2 Å². The van der Waals surface area contributed by atoms with E-state index in [9.17, 15) is 4.79 Å². The van der Waals surface area contributed by atoms with E-state index in [0.717, 1.165) is 20.9 Å². The molecule has 0 aliphatic heterocycles. The number of nitrogens with zero attached hydrogens (tertiary/aromatic N) is 1. The molecule has 16 heavy (non-hydrogen) atoms. The molecule has 3 rings (SSSR count). The zero-order valence-corrected chi connectivity index (χ0v) is 9.54. The van der Waals surface area contributed by atoms with Gasteiger partial charge < -0.3 is 9.40 Å². The van der Waals surface area contributed by atoms with E-state index in [1.54, 1.807) is 6.20 Å². The van der Waals surface area contributed by atoms with Crippen LogP contribution in [0.5, 0.6) is 0 Å². The Kier molecular flexibility index (Phi) is 1.97. The molecule has 3 aromatic rings. The first-order chi connectivity index (χ1) is 7.74. The lowest BCUT2D eigenvalue weighted by Crippen LogP contribution is -1.93. The lowest BCUT2D eigenvalue weighted by molar-refractivity contribution is 0.527. The van der Waals surface area contributed by atoms with Crippen molar-refractivity contribution >= 4 is 26.8 Å². The van der Waals surface area contributed by atoms with Crippen molar-refractivity contribution in [3.8, 4) is 11.5 Å². The average Bonchev–Trinajstić information content (AvgIpc) is 2.83. The quantitative estimate of drug-likeness (QED) is 0.718. The Balaban J connectivity index is 2.31. The fraction of sp³-hybridized carbons (Fsp3) is 0. The smallest absolute Gasteiger partial charge is 0.388 e. The van der Waals surface area contributed by atoms with Gasteiger partial charge in [0.25, 0.3) is 5.89 Å². The lowest BCUT2D eigenvalue weighted by Gasteiger charge is -1.93. The standard InChI is InChI=1S/C10H6BrN3O2/c11-5-1-2-8-6(3-5)7(4-12-8)9-13-14-10(15)16-9/h1-4,12H,(H,14,15). The van der Waals surface area contributed by atoms with Gasteiger partial charge in [-0.05, 0) is 18.2 Å². The molecule has 2 N–H and O–H groups in total. The molecule has 0 unspecified atom stereocenters. The molecule has 0 atom stereocenters. The summed E-state index contributed by atoms with van der Waals surface area (Å²) in [4.78, 5) is 14.0. The van der Waals surface area contributed by atoms with Gasteiger partial charge in [0.2, 0.25) is 0 Å². The number of benzene rings is 1. The minimum atomic E-state index is -0.556. The van der Waals surface area contributed by atoms with Crippen molar-refractivity contribution in [3.05, 3.63) is 39.4 Å². The molecule has 5 nitrogen and oxygen atoms in total. The van der Waals surface area contributed by atoms with Crippen molar-refractivity contribution < 1.29 is 4.42 Å². The van der Waals surface area contributed by atoms with E-state index in [-0.39, 0.29) is 5.89 Å². The number of H-pyrrole nitrogens is 2. The first-order valence-electron chi connectivity index (χ1n) is 4.56. The van der Waals surface area contributed by atoms with Gasteiger partial charge in [0.15, 0.2) is 0 Å². The first kappa shape index (κ1) is 9.41. The molecule has 2 heterocycles. The van der Waals surface area contributed by atoms with Gasteiger partial charge in [-0.2, -0.15) is 0 Å². The molecule has 80 valence electrons. The highest BCUT2D eigenvalue weighted by molar-refractivity contribution is 9.10. The average molecular weight is 280 g/mol. The molecule has 0 saturated carbocycles.